The van der Waals surface area contributed by atoms with Gasteiger partial charge in [0.05, 0.1) is 12.3 Å². The summed E-state index contributed by atoms with van der Waals surface area (Å²) in [7, 11) is 0. The minimum absolute atomic E-state index is 0. The van der Waals surface area contributed by atoms with Gasteiger partial charge in [0.25, 0.3) is 0 Å². The number of ketones is 1. The number of carbonyl (C=O) groups is 1. The Morgan fingerprint density at radius 3 is 2.57 bits per heavy atom. The van der Waals surface area contributed by atoms with Crippen molar-refractivity contribution >= 4 is 5.78 Å². The maximum absolute atomic E-state index is 12.2. The average molecular weight is 357 g/mol. The van der Waals surface area contributed by atoms with E-state index in [1.165, 1.54) is 0 Å². The van der Waals surface area contributed by atoms with E-state index in [1.807, 2.05) is 44.3 Å². The van der Waals surface area contributed by atoms with E-state index < -0.39 is 0 Å². The first-order chi connectivity index (χ1) is 9.61. The van der Waals surface area contributed by atoms with Crippen LogP contribution in [0.5, 0.6) is 0 Å². The number of hydrogen-bond donors (Lipinski definition) is 0. The number of aromatic nitrogens is 2. The number of benzene rings is 1. The Morgan fingerprint density at radius 1 is 1.29 bits per heavy atom. The summed E-state index contributed by atoms with van der Waals surface area (Å²) in [6.45, 7) is 4.61. The minimum atomic E-state index is 0. The van der Waals surface area contributed by atoms with Crippen LogP contribution in [0.1, 0.15) is 16.7 Å². The maximum atomic E-state index is 12.2. The maximum Gasteiger partial charge on any atom is 0.230 e. The Morgan fingerprint density at radius 2 is 1.95 bits per heavy atom. The second-order valence-electron chi connectivity index (χ2n) is 4.93. The van der Waals surface area contributed by atoms with Crippen molar-refractivity contribution in [3.63, 3.8) is 0 Å². The van der Waals surface area contributed by atoms with E-state index in [1.54, 1.807) is 15.6 Å². The van der Waals surface area contributed by atoms with Crippen LogP contribution in [0, 0.1) is 25.2 Å². The number of carbonyl (C=O) groups excluding carboxylic acids is 1. The van der Waals surface area contributed by atoms with E-state index >= 15 is 0 Å². The second kappa shape index (κ2) is 8.21. The Kier molecular flexibility index (Phi) is 6.94. The van der Waals surface area contributed by atoms with Gasteiger partial charge in [0.15, 0.2) is 12.7 Å². The standard InChI is InChI=1S/C16H18N3O.Y/c1-13-5-3-6-14(2)16(13)11-15(20)12-19-9-4-8-18(19)10-7-17;/h3-6,8-9H,10-12H2,1-2H3;/q+1;. The molecule has 1 heterocycles. The fourth-order valence-corrected chi connectivity index (χ4v) is 2.33. The Labute approximate surface area is 150 Å². The average Bonchev–Trinajstić information content (AvgIpc) is 2.82. The van der Waals surface area contributed by atoms with Crippen molar-refractivity contribution in [3.05, 3.63) is 53.3 Å². The van der Waals surface area contributed by atoms with Crippen LogP contribution in [-0.4, -0.2) is 10.5 Å². The zero-order chi connectivity index (χ0) is 14.5. The van der Waals surface area contributed by atoms with Crippen molar-refractivity contribution in [3.8, 4) is 6.07 Å². The number of Topliss-reactive ketones (excluding diaryl/α,β-unsaturated/α-hetero) is 1. The molecule has 0 aliphatic carbocycles. The number of hydrogen-bond acceptors (Lipinski definition) is 2. The van der Waals surface area contributed by atoms with Crippen LogP contribution in [0.15, 0.2) is 36.7 Å². The second-order valence-corrected chi connectivity index (χ2v) is 4.93. The van der Waals surface area contributed by atoms with E-state index in [0.29, 0.717) is 13.0 Å². The van der Waals surface area contributed by atoms with E-state index in [4.69, 9.17) is 5.26 Å². The molecule has 105 valence electrons. The van der Waals surface area contributed by atoms with Gasteiger partial charge in [-0.3, -0.25) is 4.79 Å². The molecule has 0 unspecified atom stereocenters. The molecule has 0 bridgehead atoms. The molecular formula is C16H18N3OY+. The molecule has 0 aliphatic heterocycles. The first-order valence-electron chi connectivity index (χ1n) is 6.60. The summed E-state index contributed by atoms with van der Waals surface area (Å²) in [5.41, 5.74) is 3.41. The van der Waals surface area contributed by atoms with Gasteiger partial charge in [-0.05, 0) is 30.5 Å². The fraction of sp³-hybridized carbons (Fsp3) is 0.312. The van der Waals surface area contributed by atoms with Gasteiger partial charge in [-0.2, -0.15) is 5.26 Å². The van der Waals surface area contributed by atoms with Crippen LogP contribution in [-0.2, 0) is 57.0 Å². The molecule has 0 saturated carbocycles. The number of aryl methyl sites for hydroxylation is 2. The summed E-state index contributed by atoms with van der Waals surface area (Å²) < 4.78 is 3.52. The van der Waals surface area contributed by atoms with Gasteiger partial charge in [-0.1, -0.05) is 18.2 Å². The van der Waals surface area contributed by atoms with Crippen LogP contribution in [0.4, 0.5) is 0 Å². The monoisotopic (exact) mass is 357 g/mol. The molecule has 2 rings (SSSR count). The topological polar surface area (TPSA) is 49.7 Å². The molecule has 2 aromatic rings. The van der Waals surface area contributed by atoms with Gasteiger partial charge in [0.1, 0.15) is 0 Å². The minimum Gasteiger partial charge on any atom is -0.292 e. The molecular weight excluding hydrogens is 339 g/mol. The largest absolute Gasteiger partial charge is 0.292 e. The zero-order valence-electron chi connectivity index (χ0n) is 12.4. The fourth-order valence-electron chi connectivity index (χ4n) is 2.33. The molecule has 21 heavy (non-hydrogen) atoms. The summed E-state index contributed by atoms with van der Waals surface area (Å²) in [4.78, 5) is 12.2. The van der Waals surface area contributed by atoms with Crippen molar-refractivity contribution in [1.29, 1.82) is 5.26 Å². The summed E-state index contributed by atoms with van der Waals surface area (Å²) in [6.07, 6.45) is 4.05. The molecule has 4 nitrogen and oxygen atoms in total. The van der Waals surface area contributed by atoms with Gasteiger partial charge in [0.2, 0.25) is 12.3 Å². The van der Waals surface area contributed by atoms with Gasteiger partial charge in [-0.25, -0.2) is 0 Å². The molecule has 0 atom stereocenters. The third-order valence-corrected chi connectivity index (χ3v) is 3.44. The Balaban J connectivity index is 0.00000220. The normalized spacial score (nSPS) is 9.76. The van der Waals surface area contributed by atoms with Crippen molar-refractivity contribution < 1.29 is 42.2 Å². The summed E-state index contributed by atoms with van der Waals surface area (Å²) in [5, 5.41) is 8.74. The van der Waals surface area contributed by atoms with Crippen LogP contribution in [0.25, 0.3) is 0 Å². The molecule has 0 amide bonds. The predicted molar refractivity (Wildman–Crippen MR) is 74.9 cm³/mol. The van der Waals surface area contributed by atoms with Gasteiger partial charge in [-0.15, -0.1) is 9.36 Å². The number of rotatable bonds is 5. The molecule has 0 spiro atoms. The summed E-state index contributed by atoms with van der Waals surface area (Å²) in [5.74, 6) is 0.144. The molecule has 0 fully saturated rings. The molecule has 0 saturated heterocycles. The van der Waals surface area contributed by atoms with Crippen molar-refractivity contribution in [2.45, 2.75) is 33.4 Å². The SMILES string of the molecule is Cc1cccc(C)c1CC(=O)C[n+]1cccn1CC#N.[Y]. The van der Waals surface area contributed by atoms with E-state index in [0.717, 1.165) is 16.7 Å². The quantitative estimate of drug-likeness (QED) is 0.766. The van der Waals surface area contributed by atoms with E-state index in [9.17, 15) is 4.79 Å². The first kappa shape index (κ1) is 17.7. The van der Waals surface area contributed by atoms with Crippen LogP contribution in [0.2, 0.25) is 0 Å². The molecule has 1 aromatic heterocycles. The third-order valence-electron chi connectivity index (χ3n) is 3.44. The summed E-state index contributed by atoms with van der Waals surface area (Å²) >= 11 is 0. The Hall–Kier alpha value is -1.31. The van der Waals surface area contributed by atoms with Crippen LogP contribution < -0.4 is 4.68 Å². The van der Waals surface area contributed by atoms with Crippen molar-refractivity contribution in [1.82, 2.24) is 4.68 Å². The molecule has 5 heteroatoms. The number of nitrogens with zero attached hydrogens (tertiary/aromatic N) is 3. The molecule has 0 aliphatic rings. The first-order valence-corrected chi connectivity index (χ1v) is 6.60. The summed E-state index contributed by atoms with van der Waals surface area (Å²) in [6, 6.07) is 9.98. The zero-order valence-corrected chi connectivity index (χ0v) is 15.3. The molecule has 1 radical (unpaired) electrons. The smallest absolute Gasteiger partial charge is 0.230 e. The third kappa shape index (κ3) is 4.59. The van der Waals surface area contributed by atoms with Gasteiger partial charge < -0.3 is 0 Å². The van der Waals surface area contributed by atoms with E-state index in [-0.39, 0.29) is 45.0 Å². The van der Waals surface area contributed by atoms with E-state index in [2.05, 4.69) is 6.07 Å². The van der Waals surface area contributed by atoms with Gasteiger partial charge >= 0.3 is 0 Å². The van der Waals surface area contributed by atoms with Crippen LogP contribution >= 0.6 is 0 Å². The molecule has 0 N–H and O–H groups in total. The Bertz CT molecular complexity index is 650. The predicted octanol–water partition coefficient (Wildman–Crippen LogP) is 1.73. The van der Waals surface area contributed by atoms with Gasteiger partial charge in [0, 0.05) is 45.2 Å². The number of nitriles is 1. The van der Waals surface area contributed by atoms with Crippen molar-refractivity contribution in [2.75, 3.05) is 0 Å². The van der Waals surface area contributed by atoms with Crippen LogP contribution in [0.3, 0.4) is 0 Å². The molecule has 1 aromatic carbocycles. The van der Waals surface area contributed by atoms with Crippen molar-refractivity contribution in [2.24, 2.45) is 0 Å².